The van der Waals surface area contributed by atoms with E-state index in [1.807, 2.05) is 19.1 Å². The van der Waals surface area contributed by atoms with Gasteiger partial charge in [0.2, 0.25) is 0 Å². The van der Waals surface area contributed by atoms with Crippen molar-refractivity contribution >= 4 is 35.6 Å². The highest BCUT2D eigenvalue weighted by Gasteiger charge is 2.22. The number of nitrogens with one attached hydrogen (secondary N) is 1. The average Bonchev–Trinajstić information content (AvgIpc) is 3.30. The lowest BCUT2D eigenvalue weighted by molar-refractivity contribution is 0.146. The molecule has 3 rings (SSSR count). The average molecular weight is 469 g/mol. The molecule has 2 aromatic rings. The van der Waals surface area contributed by atoms with E-state index in [1.54, 1.807) is 6.26 Å². The molecule has 0 unspecified atom stereocenters. The Bertz CT molecular complexity index is 673. The van der Waals surface area contributed by atoms with Gasteiger partial charge in [-0.3, -0.25) is 4.99 Å². The van der Waals surface area contributed by atoms with Crippen molar-refractivity contribution in [3.05, 3.63) is 54.0 Å². The summed E-state index contributed by atoms with van der Waals surface area (Å²) >= 11 is 0. The number of fused-ring (bicyclic) bond motifs is 1. The molecule has 0 amide bonds. The summed E-state index contributed by atoms with van der Waals surface area (Å²) in [6.07, 6.45) is 4.57. The molecule has 0 saturated heterocycles. The number of guanidine groups is 1. The van der Waals surface area contributed by atoms with Crippen molar-refractivity contribution in [1.82, 2.24) is 5.32 Å². The summed E-state index contributed by atoms with van der Waals surface area (Å²) in [6.45, 7) is 6.08. The van der Waals surface area contributed by atoms with Gasteiger partial charge >= 0.3 is 0 Å². The molecule has 0 fully saturated rings. The van der Waals surface area contributed by atoms with Crippen molar-refractivity contribution in [2.24, 2.45) is 4.99 Å². The van der Waals surface area contributed by atoms with Crippen molar-refractivity contribution in [2.75, 3.05) is 37.7 Å². The van der Waals surface area contributed by atoms with Crippen molar-refractivity contribution < 1.29 is 9.15 Å². The van der Waals surface area contributed by atoms with E-state index in [0.29, 0.717) is 0 Å². The first kappa shape index (κ1) is 20.8. The Labute approximate surface area is 172 Å². The first-order chi connectivity index (χ1) is 12.4. The highest BCUT2D eigenvalue weighted by atomic mass is 127. The van der Waals surface area contributed by atoms with Crippen LogP contribution in [0.5, 0.6) is 0 Å². The quantitative estimate of drug-likeness (QED) is 0.276. The van der Waals surface area contributed by atoms with Gasteiger partial charge in [-0.05, 0) is 43.5 Å². The van der Waals surface area contributed by atoms with Gasteiger partial charge < -0.3 is 19.4 Å². The Hall–Kier alpha value is -1.54. The number of hydrogen-bond donors (Lipinski definition) is 1. The Morgan fingerprint density at radius 2 is 2.15 bits per heavy atom. The fourth-order valence-electron chi connectivity index (χ4n) is 3.04. The van der Waals surface area contributed by atoms with Gasteiger partial charge in [-0.15, -0.1) is 24.0 Å². The number of ether oxygens (including phenoxy) is 1. The SMILES string of the molecule is CCOCCCN=C(NCCc1ccco1)N1CCc2ccccc21.I. The minimum absolute atomic E-state index is 0. The predicted octanol–water partition coefficient (Wildman–Crippen LogP) is 3.88. The lowest BCUT2D eigenvalue weighted by atomic mass is 10.2. The maximum atomic E-state index is 5.41. The molecule has 142 valence electrons. The maximum absolute atomic E-state index is 5.41. The van der Waals surface area contributed by atoms with Crippen molar-refractivity contribution in [3.63, 3.8) is 0 Å². The van der Waals surface area contributed by atoms with Crippen LogP contribution in [0.1, 0.15) is 24.7 Å². The molecule has 0 saturated carbocycles. The second-order valence-corrected chi connectivity index (χ2v) is 6.04. The van der Waals surface area contributed by atoms with E-state index >= 15 is 0 Å². The summed E-state index contributed by atoms with van der Waals surface area (Å²) in [5.74, 6) is 1.94. The van der Waals surface area contributed by atoms with E-state index < -0.39 is 0 Å². The summed E-state index contributed by atoms with van der Waals surface area (Å²) in [5.41, 5.74) is 2.65. The minimum atomic E-state index is 0. The third-order valence-corrected chi connectivity index (χ3v) is 4.29. The van der Waals surface area contributed by atoms with Gasteiger partial charge in [0.25, 0.3) is 0 Å². The molecule has 6 heteroatoms. The topological polar surface area (TPSA) is 50.0 Å². The smallest absolute Gasteiger partial charge is 0.198 e. The lowest BCUT2D eigenvalue weighted by Crippen LogP contribution is -2.41. The van der Waals surface area contributed by atoms with E-state index in [1.165, 1.54) is 11.3 Å². The van der Waals surface area contributed by atoms with E-state index in [4.69, 9.17) is 14.1 Å². The van der Waals surface area contributed by atoms with E-state index in [2.05, 4.69) is 34.5 Å². The number of rotatable bonds is 8. The van der Waals surface area contributed by atoms with Gasteiger partial charge in [0.15, 0.2) is 5.96 Å². The molecule has 0 spiro atoms. The fraction of sp³-hybridized carbons (Fsp3) is 0.450. The molecule has 0 atom stereocenters. The van der Waals surface area contributed by atoms with E-state index in [-0.39, 0.29) is 24.0 Å². The molecule has 0 aliphatic carbocycles. The molecule has 0 radical (unpaired) electrons. The highest BCUT2D eigenvalue weighted by Crippen LogP contribution is 2.27. The number of furan rings is 1. The lowest BCUT2D eigenvalue weighted by Gasteiger charge is -2.22. The number of para-hydroxylation sites is 1. The van der Waals surface area contributed by atoms with E-state index in [0.717, 1.165) is 63.8 Å². The summed E-state index contributed by atoms with van der Waals surface area (Å²) in [7, 11) is 0. The van der Waals surface area contributed by atoms with Crippen LogP contribution in [0.4, 0.5) is 5.69 Å². The van der Waals surface area contributed by atoms with Gasteiger partial charge in [-0.1, -0.05) is 18.2 Å². The Balaban J connectivity index is 0.00000243. The number of halogens is 1. The number of nitrogens with zero attached hydrogens (tertiary/aromatic N) is 2. The first-order valence-corrected chi connectivity index (χ1v) is 9.12. The summed E-state index contributed by atoms with van der Waals surface area (Å²) in [4.78, 5) is 7.11. The predicted molar refractivity (Wildman–Crippen MR) is 117 cm³/mol. The third-order valence-electron chi connectivity index (χ3n) is 4.29. The molecule has 26 heavy (non-hydrogen) atoms. The van der Waals surface area contributed by atoms with E-state index in [9.17, 15) is 0 Å². The van der Waals surface area contributed by atoms with Gasteiger partial charge in [0.05, 0.1) is 6.26 Å². The molecule has 1 aromatic heterocycles. The van der Waals surface area contributed by atoms with Crippen LogP contribution in [0.3, 0.4) is 0 Å². The zero-order valence-corrected chi connectivity index (χ0v) is 17.6. The standard InChI is InChI=1S/C20H27N3O2.HI/c1-2-24-15-6-12-21-20(22-13-10-18-8-5-16-25-18)23-14-11-17-7-3-4-9-19(17)23;/h3-5,7-9,16H,2,6,10-15H2,1H3,(H,21,22);1H. The van der Waals surface area contributed by atoms with Gasteiger partial charge in [-0.2, -0.15) is 0 Å². The van der Waals surface area contributed by atoms with Gasteiger partial charge in [-0.25, -0.2) is 0 Å². The van der Waals surface area contributed by atoms with Crippen LogP contribution in [0.25, 0.3) is 0 Å². The minimum Gasteiger partial charge on any atom is -0.469 e. The van der Waals surface area contributed by atoms with Crippen LogP contribution < -0.4 is 10.2 Å². The molecule has 1 aromatic carbocycles. The molecular weight excluding hydrogens is 441 g/mol. The molecule has 1 aliphatic rings. The Morgan fingerprint density at radius 1 is 1.27 bits per heavy atom. The van der Waals surface area contributed by atoms with Crippen molar-refractivity contribution in [2.45, 2.75) is 26.2 Å². The second-order valence-electron chi connectivity index (χ2n) is 6.04. The van der Waals surface area contributed by atoms with Crippen LogP contribution in [-0.4, -0.2) is 38.8 Å². The van der Waals surface area contributed by atoms with Crippen LogP contribution in [0.15, 0.2) is 52.1 Å². The molecular formula is C20H28IN3O2. The Kier molecular flexibility index (Phi) is 8.97. The Morgan fingerprint density at radius 3 is 2.96 bits per heavy atom. The number of anilines is 1. The fourth-order valence-corrected chi connectivity index (χ4v) is 3.04. The van der Waals surface area contributed by atoms with Crippen LogP contribution in [0.2, 0.25) is 0 Å². The molecule has 1 aliphatic heterocycles. The van der Waals surface area contributed by atoms with Gasteiger partial charge in [0, 0.05) is 45.0 Å². The highest BCUT2D eigenvalue weighted by molar-refractivity contribution is 14.0. The zero-order valence-electron chi connectivity index (χ0n) is 15.3. The maximum Gasteiger partial charge on any atom is 0.198 e. The monoisotopic (exact) mass is 469 g/mol. The first-order valence-electron chi connectivity index (χ1n) is 9.12. The van der Waals surface area contributed by atoms with Crippen molar-refractivity contribution in [1.29, 1.82) is 0 Å². The molecule has 0 bridgehead atoms. The van der Waals surface area contributed by atoms with Gasteiger partial charge in [0.1, 0.15) is 5.76 Å². The number of benzene rings is 1. The normalized spacial score (nSPS) is 13.4. The van der Waals surface area contributed by atoms with Crippen LogP contribution in [0, 0.1) is 0 Å². The molecule has 1 N–H and O–H groups in total. The number of aliphatic imine (C=N–C) groups is 1. The second kappa shape index (κ2) is 11.2. The molecule has 5 nitrogen and oxygen atoms in total. The van der Waals surface area contributed by atoms with Crippen molar-refractivity contribution in [3.8, 4) is 0 Å². The zero-order chi connectivity index (χ0) is 17.3. The third kappa shape index (κ3) is 5.74. The summed E-state index contributed by atoms with van der Waals surface area (Å²) in [5, 5.41) is 3.51. The summed E-state index contributed by atoms with van der Waals surface area (Å²) in [6, 6.07) is 12.5. The molecule has 2 heterocycles. The largest absolute Gasteiger partial charge is 0.469 e. The summed E-state index contributed by atoms with van der Waals surface area (Å²) < 4.78 is 10.8. The van der Waals surface area contributed by atoms with Crippen LogP contribution in [-0.2, 0) is 17.6 Å². The number of hydrogen-bond acceptors (Lipinski definition) is 3. The van der Waals surface area contributed by atoms with Crippen LogP contribution >= 0.6 is 24.0 Å².